The van der Waals surface area contributed by atoms with Crippen LogP contribution in [-0.4, -0.2) is 121 Å². The van der Waals surface area contributed by atoms with Gasteiger partial charge in [-0.2, -0.15) is 0 Å². The predicted octanol–water partition coefficient (Wildman–Crippen LogP) is 8.63. The highest BCUT2D eigenvalue weighted by atomic mass is 31.2. The molecule has 1 heterocycles. The van der Waals surface area contributed by atoms with Gasteiger partial charge in [0.15, 0.2) is 6.29 Å². The number of hydrogen-bond donors (Lipinski definition) is 5. The van der Waals surface area contributed by atoms with E-state index in [4.69, 9.17) is 18.5 Å². The minimum atomic E-state index is -4.77. The summed E-state index contributed by atoms with van der Waals surface area (Å²) in [7, 11) is 0.872. The molecule has 0 saturated carbocycles. The van der Waals surface area contributed by atoms with Crippen molar-refractivity contribution in [2.24, 2.45) is 5.92 Å². The maximum Gasteiger partial charge on any atom is 0.268 e. The summed E-state index contributed by atoms with van der Waals surface area (Å²) in [5.41, 5.74) is 0. The normalized spacial score (nSPS) is 21.7. The number of ether oxygens (including phenoxy) is 2. The van der Waals surface area contributed by atoms with Crippen molar-refractivity contribution in [2.75, 3.05) is 47.5 Å². The fourth-order valence-electron chi connectivity index (χ4n) is 7.60. The van der Waals surface area contributed by atoms with E-state index in [1.54, 1.807) is 6.08 Å². The smallest absolute Gasteiger partial charge is 0.268 e. The fraction of sp³-hybridized carbons (Fsp3) is 0.938. The number of quaternary nitrogens is 1. The third kappa shape index (κ3) is 31.8. The Hall–Kier alpha value is -0.960. The highest BCUT2D eigenvalue weighted by Crippen LogP contribution is 2.39. The van der Waals surface area contributed by atoms with E-state index < -0.39 is 57.3 Å². The first-order valence-electron chi connectivity index (χ1n) is 24.9. The number of aliphatic hydroxyl groups excluding tert-OH is 4. The molecule has 62 heavy (non-hydrogen) atoms. The van der Waals surface area contributed by atoms with E-state index in [1.165, 1.54) is 122 Å². The molecule has 1 unspecified atom stereocenters. The number of phosphoric ester groups is 1. The van der Waals surface area contributed by atoms with E-state index in [0.29, 0.717) is 17.4 Å². The summed E-state index contributed by atoms with van der Waals surface area (Å²) in [6.45, 7) is 6.11. The van der Waals surface area contributed by atoms with Gasteiger partial charge in [-0.3, -0.25) is 9.36 Å². The lowest BCUT2D eigenvalue weighted by Crippen LogP contribution is -2.60. The summed E-state index contributed by atoms with van der Waals surface area (Å²) >= 11 is 0. The molecule has 0 aliphatic carbocycles. The van der Waals surface area contributed by atoms with Crippen LogP contribution in [0, 0.1) is 5.92 Å². The van der Waals surface area contributed by atoms with Crippen molar-refractivity contribution < 1.29 is 57.7 Å². The zero-order valence-electron chi connectivity index (χ0n) is 40.2. The van der Waals surface area contributed by atoms with Crippen LogP contribution in [-0.2, 0) is 27.9 Å². The lowest BCUT2D eigenvalue weighted by atomic mass is 9.99. The van der Waals surface area contributed by atoms with Crippen LogP contribution in [0.25, 0.3) is 0 Å². The monoisotopic (exact) mass is 907 g/mol. The van der Waals surface area contributed by atoms with Gasteiger partial charge in [0.1, 0.15) is 37.6 Å². The molecule has 0 spiro atoms. The topological polar surface area (TPSA) is 187 Å². The first kappa shape index (κ1) is 59.1. The summed E-state index contributed by atoms with van der Waals surface area (Å²) in [5, 5.41) is 46.0. The Morgan fingerprint density at radius 1 is 0.742 bits per heavy atom. The molecule has 8 atom stereocenters. The lowest BCUT2D eigenvalue weighted by molar-refractivity contribution is -0.870. The largest absolute Gasteiger partial charge is 0.756 e. The van der Waals surface area contributed by atoms with Gasteiger partial charge in [0.05, 0.1) is 46.5 Å². The van der Waals surface area contributed by atoms with Crippen molar-refractivity contribution >= 4 is 13.7 Å². The molecule has 1 aliphatic rings. The SMILES string of the molecule is CCCCCCCCCCCCCCCCCC(=O)N[C@@H](CO[C@@H]1O[C@H](COP(=O)([O-])OCC[N+](C)(C)C)[C@H](O)[C@H](O)[C@H]1O)[C@H](O)/C=C/CCCCCCCCCCCC(C)C. The molecular formula is C48H95N2O11P. The molecule has 1 aliphatic heterocycles. The number of nitrogens with one attached hydrogen (secondary N) is 1. The fourth-order valence-corrected chi connectivity index (χ4v) is 8.31. The zero-order valence-corrected chi connectivity index (χ0v) is 41.1. The molecule has 1 saturated heterocycles. The molecule has 13 nitrogen and oxygen atoms in total. The Bertz CT molecular complexity index is 1160. The van der Waals surface area contributed by atoms with Gasteiger partial charge in [-0.15, -0.1) is 0 Å². The van der Waals surface area contributed by atoms with Crippen molar-refractivity contribution in [2.45, 2.75) is 237 Å². The van der Waals surface area contributed by atoms with Gasteiger partial charge >= 0.3 is 0 Å². The average Bonchev–Trinajstić information content (AvgIpc) is 3.21. The molecule has 1 amide bonds. The number of unbranched alkanes of at least 4 members (excludes halogenated alkanes) is 23. The Morgan fingerprint density at radius 3 is 1.76 bits per heavy atom. The first-order chi connectivity index (χ1) is 29.6. The third-order valence-corrected chi connectivity index (χ3v) is 12.7. The van der Waals surface area contributed by atoms with Gasteiger partial charge < -0.3 is 53.6 Å². The minimum absolute atomic E-state index is 0.117. The summed E-state index contributed by atoms with van der Waals surface area (Å²) in [6, 6.07) is -0.901. The molecule has 1 rings (SSSR count). The van der Waals surface area contributed by atoms with Crippen molar-refractivity contribution in [1.29, 1.82) is 0 Å². The van der Waals surface area contributed by atoms with E-state index in [2.05, 4.69) is 26.1 Å². The molecular weight excluding hydrogens is 812 g/mol. The van der Waals surface area contributed by atoms with Gasteiger partial charge in [-0.1, -0.05) is 181 Å². The summed E-state index contributed by atoms with van der Waals surface area (Å²) in [4.78, 5) is 25.5. The molecule has 0 bridgehead atoms. The molecule has 5 N–H and O–H groups in total. The van der Waals surface area contributed by atoms with E-state index in [-0.39, 0.29) is 19.1 Å². The molecule has 14 heteroatoms. The lowest BCUT2D eigenvalue weighted by Gasteiger charge is -2.41. The Kier molecular flexibility index (Phi) is 34.5. The van der Waals surface area contributed by atoms with Gasteiger partial charge in [-0.05, 0) is 25.2 Å². The Morgan fingerprint density at radius 2 is 1.24 bits per heavy atom. The van der Waals surface area contributed by atoms with E-state index >= 15 is 0 Å². The van der Waals surface area contributed by atoms with Gasteiger partial charge in [0.25, 0.3) is 7.82 Å². The minimum Gasteiger partial charge on any atom is -0.756 e. The van der Waals surface area contributed by atoms with E-state index in [9.17, 15) is 34.7 Å². The summed E-state index contributed by atoms with van der Waals surface area (Å²) in [6.07, 6.45) is 26.3. The van der Waals surface area contributed by atoms with Crippen LogP contribution < -0.4 is 10.2 Å². The number of carbonyl (C=O) groups is 1. The third-order valence-electron chi connectivity index (χ3n) is 11.8. The van der Waals surface area contributed by atoms with E-state index in [0.717, 1.165) is 50.9 Å². The van der Waals surface area contributed by atoms with Crippen LogP contribution in [0.4, 0.5) is 0 Å². The van der Waals surface area contributed by atoms with Crippen LogP contribution >= 0.6 is 7.82 Å². The van der Waals surface area contributed by atoms with Crippen LogP contribution in [0.1, 0.15) is 194 Å². The molecule has 0 aromatic carbocycles. The first-order valence-corrected chi connectivity index (χ1v) is 26.4. The van der Waals surface area contributed by atoms with Crippen molar-refractivity contribution in [3.05, 3.63) is 12.2 Å². The summed E-state index contributed by atoms with van der Waals surface area (Å²) in [5.74, 6) is 0.552. The molecule has 368 valence electrons. The molecule has 1 fully saturated rings. The maximum absolute atomic E-state index is 13.1. The quantitative estimate of drug-likeness (QED) is 0.0171. The second-order valence-electron chi connectivity index (χ2n) is 19.4. The van der Waals surface area contributed by atoms with E-state index in [1.807, 2.05) is 27.2 Å². The number of hydrogen-bond acceptors (Lipinski definition) is 11. The van der Waals surface area contributed by atoms with Crippen molar-refractivity contribution in [1.82, 2.24) is 5.32 Å². The van der Waals surface area contributed by atoms with Crippen molar-refractivity contribution in [3.63, 3.8) is 0 Å². The Balaban J connectivity index is 2.64. The molecule has 0 aromatic rings. The zero-order chi connectivity index (χ0) is 46.1. The Labute approximate surface area is 378 Å². The van der Waals surface area contributed by atoms with Gasteiger partial charge in [0.2, 0.25) is 5.91 Å². The van der Waals surface area contributed by atoms with Crippen molar-refractivity contribution in [3.8, 4) is 0 Å². The van der Waals surface area contributed by atoms with Crippen LogP contribution in [0.5, 0.6) is 0 Å². The number of allylic oxidation sites excluding steroid dienone is 1. The number of rotatable bonds is 41. The number of amides is 1. The average molecular weight is 907 g/mol. The predicted molar refractivity (Wildman–Crippen MR) is 247 cm³/mol. The van der Waals surface area contributed by atoms with Crippen LogP contribution in [0.2, 0.25) is 0 Å². The van der Waals surface area contributed by atoms with Gasteiger partial charge in [0, 0.05) is 6.42 Å². The number of nitrogens with zero attached hydrogens (tertiary/aromatic N) is 1. The van der Waals surface area contributed by atoms with Crippen LogP contribution in [0.3, 0.4) is 0 Å². The van der Waals surface area contributed by atoms with Crippen LogP contribution in [0.15, 0.2) is 12.2 Å². The highest BCUT2D eigenvalue weighted by molar-refractivity contribution is 7.45. The number of carbonyl (C=O) groups excluding carboxylic acids is 1. The summed E-state index contributed by atoms with van der Waals surface area (Å²) < 4.78 is 34.2. The molecule has 0 radical (unpaired) electrons. The second kappa shape index (κ2) is 36.2. The maximum atomic E-state index is 13.1. The highest BCUT2D eigenvalue weighted by Gasteiger charge is 2.45. The second-order valence-corrected chi connectivity index (χ2v) is 20.8. The molecule has 0 aromatic heterocycles. The number of phosphoric acid groups is 1. The van der Waals surface area contributed by atoms with Gasteiger partial charge in [-0.25, -0.2) is 0 Å². The standard InChI is InChI=1S/C48H95N2O11P/c1-7-8-9-10-11-12-13-14-15-16-20-23-26-29-32-35-44(52)49-41(42(51)34-31-28-25-22-19-17-18-21-24-27-30-33-40(2)3)38-58-48-47(55)46(54)45(53)43(61-48)39-60-62(56,57)59-37-36-50(4,5)6/h31,34,40-43,45-48,51,53-55H,7-30,32-33,35-39H2,1-6H3,(H-,49,52,56,57)/b34-31+/t41-,42+,43+,45-,46-,47+,48+/m0/s1. The number of likely N-dealkylation sites (N-methyl/N-ethyl adjacent to an activating group) is 1. The number of aliphatic hydroxyl groups is 4.